The summed E-state index contributed by atoms with van der Waals surface area (Å²) >= 11 is 0. The smallest absolute Gasteiger partial charge is 0.477 e. The lowest BCUT2D eigenvalue weighted by atomic mass is 10.00. The zero-order chi connectivity index (χ0) is 29.3. The Labute approximate surface area is 222 Å². The molecule has 0 aliphatic rings. The zero-order valence-electron chi connectivity index (χ0n) is 23.4. The van der Waals surface area contributed by atoms with Crippen LogP contribution >= 0.6 is 0 Å². The first kappa shape index (κ1) is 32.5. The summed E-state index contributed by atoms with van der Waals surface area (Å²) < 4.78 is 30.9. The highest BCUT2D eigenvalue weighted by Crippen LogP contribution is 2.32. The van der Waals surface area contributed by atoms with Crippen LogP contribution in [0.4, 0.5) is 14.4 Å². The van der Waals surface area contributed by atoms with Crippen LogP contribution in [0.5, 0.6) is 11.5 Å². The minimum atomic E-state index is -2.24. The molecule has 0 heterocycles. The second-order valence-corrected chi connectivity index (χ2v) is 10.1. The highest BCUT2D eigenvalue weighted by Gasteiger charge is 2.45. The molecule has 214 valence electrons. The molecule has 0 aromatic heterocycles. The van der Waals surface area contributed by atoms with Crippen molar-refractivity contribution in [1.82, 2.24) is 5.32 Å². The normalized spacial score (nSPS) is 13.8. The summed E-state index contributed by atoms with van der Waals surface area (Å²) in [7, 11) is 0. The second-order valence-electron chi connectivity index (χ2n) is 10.1. The summed E-state index contributed by atoms with van der Waals surface area (Å²) in [5.41, 5.74) is -2.92. The Hall–Kier alpha value is -3.54. The van der Waals surface area contributed by atoms with Gasteiger partial charge in [-0.25, -0.2) is 19.2 Å². The molecule has 1 aromatic carbocycles. The Morgan fingerprint density at radius 1 is 0.842 bits per heavy atom. The molecule has 0 radical (unpaired) electrons. The van der Waals surface area contributed by atoms with Gasteiger partial charge in [0.2, 0.25) is 0 Å². The van der Waals surface area contributed by atoms with E-state index in [1.807, 2.05) is 6.92 Å². The summed E-state index contributed by atoms with van der Waals surface area (Å²) in [6.07, 6.45) is -4.16. The van der Waals surface area contributed by atoms with Gasteiger partial charge >= 0.3 is 24.4 Å². The lowest BCUT2D eigenvalue weighted by Gasteiger charge is -2.33. The van der Waals surface area contributed by atoms with Crippen LogP contribution in [0.15, 0.2) is 18.2 Å². The van der Waals surface area contributed by atoms with E-state index in [4.69, 9.17) is 28.4 Å². The number of carbonyl (C=O) groups is 4. The molecule has 0 fully saturated rings. The van der Waals surface area contributed by atoms with Crippen molar-refractivity contribution in [2.75, 3.05) is 0 Å². The van der Waals surface area contributed by atoms with Crippen molar-refractivity contribution in [2.24, 2.45) is 0 Å². The van der Waals surface area contributed by atoms with E-state index in [9.17, 15) is 24.3 Å². The van der Waals surface area contributed by atoms with Crippen LogP contribution in [-0.2, 0) is 30.2 Å². The van der Waals surface area contributed by atoms with E-state index in [-0.39, 0.29) is 23.1 Å². The van der Waals surface area contributed by atoms with Gasteiger partial charge in [0, 0.05) is 12.5 Å². The van der Waals surface area contributed by atoms with E-state index in [2.05, 4.69) is 5.32 Å². The van der Waals surface area contributed by atoms with Gasteiger partial charge in [0.1, 0.15) is 5.60 Å². The van der Waals surface area contributed by atoms with Crippen LogP contribution in [0.1, 0.15) is 74.3 Å². The van der Waals surface area contributed by atoms with Crippen LogP contribution in [-0.4, -0.2) is 59.1 Å². The average Bonchev–Trinajstić information content (AvgIpc) is 2.72. The van der Waals surface area contributed by atoms with Crippen molar-refractivity contribution in [2.45, 2.75) is 105 Å². The Kier molecular flexibility index (Phi) is 11.8. The molecular formula is C26H39NO11. The molecule has 0 saturated heterocycles. The lowest BCUT2D eigenvalue weighted by Crippen LogP contribution is -2.60. The maximum absolute atomic E-state index is 12.5. The number of hydrogen-bond donors (Lipinski definition) is 2. The van der Waals surface area contributed by atoms with Crippen molar-refractivity contribution >= 4 is 24.4 Å². The van der Waals surface area contributed by atoms with Crippen LogP contribution in [0.3, 0.4) is 0 Å². The molecule has 0 amide bonds. The molecule has 2 N–H and O–H groups in total. The quantitative estimate of drug-likeness (QED) is 0.164. The molecule has 0 saturated carbocycles. The predicted octanol–water partition coefficient (Wildman–Crippen LogP) is 5.20. The number of ether oxygens (including phenoxy) is 6. The Morgan fingerprint density at radius 2 is 1.37 bits per heavy atom. The number of aliphatic carboxylic acids is 1. The maximum atomic E-state index is 12.5. The van der Waals surface area contributed by atoms with E-state index < -0.39 is 54.4 Å². The van der Waals surface area contributed by atoms with E-state index >= 15 is 0 Å². The van der Waals surface area contributed by atoms with Gasteiger partial charge in [0.15, 0.2) is 11.5 Å². The fourth-order valence-electron chi connectivity index (χ4n) is 2.94. The van der Waals surface area contributed by atoms with Gasteiger partial charge in [-0.05, 0) is 79.5 Å². The topological polar surface area (TPSA) is 156 Å². The molecule has 1 rings (SSSR count). The van der Waals surface area contributed by atoms with Gasteiger partial charge in [-0.3, -0.25) is 5.32 Å². The van der Waals surface area contributed by atoms with Crippen molar-refractivity contribution in [1.29, 1.82) is 0 Å². The third kappa shape index (κ3) is 11.2. The van der Waals surface area contributed by atoms with Crippen molar-refractivity contribution in [3.05, 3.63) is 23.8 Å². The fraction of sp³-hybridized carbons (Fsp3) is 0.615. The number of benzene rings is 1. The molecule has 0 aliphatic heterocycles. The number of hydrogen-bond acceptors (Lipinski definition) is 11. The highest BCUT2D eigenvalue weighted by molar-refractivity contribution is 5.80. The van der Waals surface area contributed by atoms with Crippen LogP contribution < -0.4 is 14.8 Å². The van der Waals surface area contributed by atoms with E-state index in [1.54, 1.807) is 55.4 Å². The SMILES string of the molecule is CCC(C)N[C@@](Cc1ccc(OC(=O)OC(C)C)c(OC(=O)OC(C)C)c1)(OC(=O)OC(C)(C)C)C(=O)O. The number of carbonyl (C=O) groups excluding carboxylic acids is 3. The molecular weight excluding hydrogens is 502 g/mol. The standard InChI is InChI=1S/C26H39NO11/c1-10-17(6)27-26(21(28)29,38-24(32)37-25(7,8)9)14-18-11-12-19(35-22(30)33-15(2)3)20(13-18)36-23(31)34-16(4)5/h11-13,15-17,27H,10,14H2,1-9H3,(H,28,29)/t17?,26-/m0/s1. The molecule has 0 spiro atoms. The third-order valence-corrected chi connectivity index (χ3v) is 4.60. The number of nitrogens with one attached hydrogen (secondary N) is 1. The monoisotopic (exact) mass is 541 g/mol. The second kappa shape index (κ2) is 13.8. The summed E-state index contributed by atoms with van der Waals surface area (Å²) in [4.78, 5) is 49.3. The number of carboxylic acid groups (broad SMARTS) is 1. The van der Waals surface area contributed by atoms with Crippen LogP contribution in [0.2, 0.25) is 0 Å². The lowest BCUT2D eigenvalue weighted by molar-refractivity contribution is -0.169. The van der Waals surface area contributed by atoms with Gasteiger partial charge < -0.3 is 33.5 Å². The summed E-state index contributed by atoms with van der Waals surface area (Å²) in [5, 5.41) is 13.0. The zero-order valence-corrected chi connectivity index (χ0v) is 23.4. The maximum Gasteiger partial charge on any atom is 0.514 e. The Balaban J connectivity index is 3.47. The van der Waals surface area contributed by atoms with Gasteiger partial charge in [-0.2, -0.15) is 0 Å². The van der Waals surface area contributed by atoms with E-state index in [0.29, 0.717) is 6.42 Å². The van der Waals surface area contributed by atoms with Crippen molar-refractivity contribution < 1.29 is 52.7 Å². The first-order chi connectivity index (χ1) is 17.5. The minimum absolute atomic E-state index is 0.177. The fourth-order valence-corrected chi connectivity index (χ4v) is 2.94. The molecule has 1 unspecified atom stereocenters. The number of rotatable bonds is 11. The Morgan fingerprint density at radius 3 is 1.82 bits per heavy atom. The van der Waals surface area contributed by atoms with E-state index in [0.717, 1.165) is 0 Å². The molecule has 0 bridgehead atoms. The third-order valence-electron chi connectivity index (χ3n) is 4.60. The highest BCUT2D eigenvalue weighted by atomic mass is 16.8. The molecule has 1 aromatic rings. The first-order valence-corrected chi connectivity index (χ1v) is 12.3. The molecule has 2 atom stereocenters. The molecule has 38 heavy (non-hydrogen) atoms. The summed E-state index contributed by atoms with van der Waals surface area (Å²) in [6, 6.07) is 3.61. The predicted molar refractivity (Wildman–Crippen MR) is 135 cm³/mol. The minimum Gasteiger partial charge on any atom is -0.477 e. The number of carboxylic acids is 1. The van der Waals surface area contributed by atoms with Crippen molar-refractivity contribution in [3.63, 3.8) is 0 Å². The Bertz CT molecular complexity index is 984. The molecule has 12 heteroatoms. The van der Waals surface area contributed by atoms with Crippen LogP contribution in [0, 0.1) is 0 Å². The van der Waals surface area contributed by atoms with Gasteiger partial charge in [-0.15, -0.1) is 0 Å². The van der Waals surface area contributed by atoms with E-state index in [1.165, 1.54) is 18.2 Å². The van der Waals surface area contributed by atoms with Crippen LogP contribution in [0.25, 0.3) is 0 Å². The average molecular weight is 542 g/mol. The van der Waals surface area contributed by atoms with Gasteiger partial charge in [0.05, 0.1) is 12.2 Å². The molecule has 0 aliphatic carbocycles. The molecule has 12 nitrogen and oxygen atoms in total. The summed E-state index contributed by atoms with van der Waals surface area (Å²) in [6.45, 7) is 14.9. The van der Waals surface area contributed by atoms with Gasteiger partial charge in [0.25, 0.3) is 5.72 Å². The summed E-state index contributed by atoms with van der Waals surface area (Å²) in [5.74, 6) is -1.90. The largest absolute Gasteiger partial charge is 0.514 e. The first-order valence-electron chi connectivity index (χ1n) is 12.3. The van der Waals surface area contributed by atoms with Crippen molar-refractivity contribution in [3.8, 4) is 11.5 Å². The van der Waals surface area contributed by atoms with Gasteiger partial charge in [-0.1, -0.05) is 13.0 Å².